The summed E-state index contributed by atoms with van der Waals surface area (Å²) in [5.41, 5.74) is 1.13. The summed E-state index contributed by atoms with van der Waals surface area (Å²) < 4.78 is 0.689. The molecule has 0 aliphatic carbocycles. The third-order valence-corrected chi connectivity index (χ3v) is 2.92. The van der Waals surface area contributed by atoms with Gasteiger partial charge in [0.15, 0.2) is 0 Å². The first-order valence-electron chi connectivity index (χ1n) is 5.12. The number of aromatic nitrogens is 2. The van der Waals surface area contributed by atoms with Crippen molar-refractivity contribution in [2.24, 2.45) is 0 Å². The first kappa shape index (κ1) is 13.0. The maximum absolute atomic E-state index is 12.0. The molecular formula is C12H9BrClN3O. The van der Waals surface area contributed by atoms with Crippen LogP contribution in [0.2, 0.25) is 5.15 Å². The second kappa shape index (κ2) is 5.46. The number of aryl methyl sites for hydroxylation is 1. The van der Waals surface area contributed by atoms with Crippen molar-refractivity contribution < 1.29 is 4.79 Å². The van der Waals surface area contributed by atoms with Crippen molar-refractivity contribution >= 4 is 39.3 Å². The van der Waals surface area contributed by atoms with Crippen LogP contribution in [-0.4, -0.2) is 15.9 Å². The summed E-state index contributed by atoms with van der Waals surface area (Å²) in [6, 6.07) is 6.99. The summed E-state index contributed by atoms with van der Waals surface area (Å²) in [7, 11) is 0. The number of anilines is 1. The largest absolute Gasteiger partial charge is 0.306 e. The molecule has 0 saturated carbocycles. The molecule has 0 saturated heterocycles. The van der Waals surface area contributed by atoms with Gasteiger partial charge >= 0.3 is 0 Å². The zero-order valence-electron chi connectivity index (χ0n) is 9.45. The number of pyridine rings is 2. The number of nitrogens with one attached hydrogen (secondary N) is 1. The summed E-state index contributed by atoms with van der Waals surface area (Å²) in [4.78, 5) is 20.1. The molecule has 0 spiro atoms. The Hall–Kier alpha value is -1.46. The third kappa shape index (κ3) is 3.05. The lowest BCUT2D eigenvalue weighted by atomic mass is 10.2. The van der Waals surface area contributed by atoms with E-state index < -0.39 is 0 Å². The molecule has 0 aliphatic heterocycles. The number of carbonyl (C=O) groups is 1. The number of halogens is 2. The summed E-state index contributed by atoms with van der Waals surface area (Å²) in [6.07, 6.45) is 1.53. The topological polar surface area (TPSA) is 54.9 Å². The number of hydrogen-bond acceptors (Lipinski definition) is 3. The van der Waals surface area contributed by atoms with E-state index in [1.807, 2.05) is 19.1 Å². The van der Waals surface area contributed by atoms with Gasteiger partial charge in [-0.25, -0.2) is 9.97 Å². The standard InChI is InChI=1S/C12H9BrClN3O/c1-7-3-2-4-10(16-7)17-12(18)9-5-8(13)6-15-11(9)14/h2-6H,1H3,(H,16,17,18). The maximum atomic E-state index is 12.0. The lowest BCUT2D eigenvalue weighted by molar-refractivity contribution is 0.102. The minimum absolute atomic E-state index is 0.156. The van der Waals surface area contributed by atoms with Crippen molar-refractivity contribution in [1.82, 2.24) is 9.97 Å². The molecule has 0 unspecified atom stereocenters. The maximum Gasteiger partial charge on any atom is 0.259 e. The summed E-state index contributed by atoms with van der Waals surface area (Å²) >= 11 is 9.12. The lowest BCUT2D eigenvalue weighted by Crippen LogP contribution is -2.14. The Labute approximate surface area is 118 Å². The van der Waals surface area contributed by atoms with Crippen LogP contribution in [0, 0.1) is 6.92 Å². The van der Waals surface area contributed by atoms with Crippen LogP contribution in [0.25, 0.3) is 0 Å². The summed E-state index contributed by atoms with van der Waals surface area (Å²) in [5.74, 6) is 0.142. The smallest absolute Gasteiger partial charge is 0.259 e. The van der Waals surface area contributed by atoms with Gasteiger partial charge in [0.2, 0.25) is 0 Å². The highest BCUT2D eigenvalue weighted by Crippen LogP contribution is 2.19. The predicted octanol–water partition coefficient (Wildman–Crippen LogP) is 3.45. The Morgan fingerprint density at radius 1 is 1.44 bits per heavy atom. The quantitative estimate of drug-likeness (QED) is 0.860. The fourth-order valence-electron chi connectivity index (χ4n) is 1.38. The molecule has 1 N–H and O–H groups in total. The molecule has 2 aromatic rings. The molecular weight excluding hydrogens is 318 g/mol. The molecule has 2 aromatic heterocycles. The predicted molar refractivity (Wildman–Crippen MR) is 73.9 cm³/mol. The van der Waals surface area contributed by atoms with Gasteiger partial charge in [0.1, 0.15) is 11.0 Å². The van der Waals surface area contributed by atoms with Crippen molar-refractivity contribution in [3.63, 3.8) is 0 Å². The highest BCUT2D eigenvalue weighted by molar-refractivity contribution is 9.10. The van der Waals surface area contributed by atoms with Gasteiger partial charge < -0.3 is 5.32 Å². The Balaban J connectivity index is 2.24. The van der Waals surface area contributed by atoms with Gasteiger partial charge in [-0.1, -0.05) is 17.7 Å². The molecule has 1 amide bonds. The van der Waals surface area contributed by atoms with E-state index >= 15 is 0 Å². The average molecular weight is 327 g/mol. The number of carbonyl (C=O) groups excluding carboxylic acids is 1. The van der Waals surface area contributed by atoms with Crippen molar-refractivity contribution in [1.29, 1.82) is 0 Å². The number of nitrogens with zero attached hydrogens (tertiary/aromatic N) is 2. The minimum atomic E-state index is -0.341. The van der Waals surface area contributed by atoms with Gasteiger partial charge in [-0.05, 0) is 41.1 Å². The molecule has 0 aromatic carbocycles. The fraction of sp³-hybridized carbons (Fsp3) is 0.0833. The van der Waals surface area contributed by atoms with Crippen molar-refractivity contribution in [2.75, 3.05) is 5.32 Å². The SMILES string of the molecule is Cc1cccc(NC(=O)c2cc(Br)cnc2Cl)n1. The monoisotopic (exact) mass is 325 g/mol. The molecule has 18 heavy (non-hydrogen) atoms. The highest BCUT2D eigenvalue weighted by atomic mass is 79.9. The molecule has 4 nitrogen and oxygen atoms in total. The van der Waals surface area contributed by atoms with Crippen LogP contribution in [-0.2, 0) is 0 Å². The zero-order chi connectivity index (χ0) is 13.1. The van der Waals surface area contributed by atoms with E-state index in [1.54, 1.807) is 12.1 Å². The Kier molecular flexibility index (Phi) is 3.93. The average Bonchev–Trinajstić information content (AvgIpc) is 2.32. The van der Waals surface area contributed by atoms with Gasteiger partial charge in [0.05, 0.1) is 5.56 Å². The molecule has 0 radical (unpaired) electrons. The van der Waals surface area contributed by atoms with Crippen LogP contribution in [0.3, 0.4) is 0 Å². The molecule has 2 heterocycles. The third-order valence-electron chi connectivity index (χ3n) is 2.18. The molecule has 0 bridgehead atoms. The first-order chi connectivity index (χ1) is 8.56. The van der Waals surface area contributed by atoms with E-state index in [-0.39, 0.29) is 11.1 Å². The van der Waals surface area contributed by atoms with Crippen LogP contribution >= 0.6 is 27.5 Å². The molecule has 2 rings (SSSR count). The van der Waals surface area contributed by atoms with E-state index in [0.717, 1.165) is 5.69 Å². The van der Waals surface area contributed by atoms with Crippen molar-refractivity contribution in [2.45, 2.75) is 6.92 Å². The number of hydrogen-bond donors (Lipinski definition) is 1. The van der Waals surface area contributed by atoms with Crippen molar-refractivity contribution in [3.05, 3.63) is 51.3 Å². The van der Waals surface area contributed by atoms with Gasteiger partial charge in [-0.2, -0.15) is 0 Å². The van der Waals surface area contributed by atoms with E-state index in [9.17, 15) is 4.79 Å². The Morgan fingerprint density at radius 3 is 2.94 bits per heavy atom. The zero-order valence-corrected chi connectivity index (χ0v) is 11.8. The van der Waals surface area contributed by atoms with Gasteiger partial charge in [-0.15, -0.1) is 0 Å². The van der Waals surface area contributed by atoms with Gasteiger partial charge in [0, 0.05) is 16.4 Å². The summed E-state index contributed by atoms with van der Waals surface area (Å²) in [6.45, 7) is 1.85. The van der Waals surface area contributed by atoms with Crippen LogP contribution in [0.1, 0.15) is 16.1 Å². The van der Waals surface area contributed by atoms with E-state index in [4.69, 9.17) is 11.6 Å². The Bertz CT molecular complexity index is 604. The highest BCUT2D eigenvalue weighted by Gasteiger charge is 2.12. The summed E-state index contributed by atoms with van der Waals surface area (Å²) in [5, 5.41) is 2.83. The molecule has 6 heteroatoms. The normalized spacial score (nSPS) is 10.2. The van der Waals surface area contributed by atoms with Gasteiger partial charge in [0.25, 0.3) is 5.91 Å². The van der Waals surface area contributed by atoms with Crippen LogP contribution in [0.4, 0.5) is 5.82 Å². The van der Waals surface area contributed by atoms with Crippen LogP contribution in [0.15, 0.2) is 34.9 Å². The van der Waals surface area contributed by atoms with Crippen LogP contribution in [0.5, 0.6) is 0 Å². The fourth-order valence-corrected chi connectivity index (χ4v) is 1.90. The van der Waals surface area contributed by atoms with Crippen LogP contribution < -0.4 is 5.32 Å². The number of amides is 1. The molecule has 0 aliphatic rings. The van der Waals surface area contributed by atoms with E-state index in [1.165, 1.54) is 6.20 Å². The minimum Gasteiger partial charge on any atom is -0.306 e. The first-order valence-corrected chi connectivity index (χ1v) is 6.29. The second-order valence-electron chi connectivity index (χ2n) is 3.61. The number of rotatable bonds is 2. The van der Waals surface area contributed by atoms with Gasteiger partial charge in [-0.3, -0.25) is 4.79 Å². The van der Waals surface area contributed by atoms with E-state index in [0.29, 0.717) is 15.9 Å². The second-order valence-corrected chi connectivity index (χ2v) is 4.88. The lowest BCUT2D eigenvalue weighted by Gasteiger charge is -2.06. The Morgan fingerprint density at radius 2 is 2.22 bits per heavy atom. The molecule has 92 valence electrons. The van der Waals surface area contributed by atoms with E-state index in [2.05, 4.69) is 31.2 Å². The molecule has 0 fully saturated rings. The molecule has 0 atom stereocenters. The van der Waals surface area contributed by atoms with Crippen molar-refractivity contribution in [3.8, 4) is 0 Å².